The number of nitrogens with one attached hydrogen (secondary N) is 1. The molecule has 5 aromatic rings. The Labute approximate surface area is 196 Å². The number of benzene rings is 1. The van der Waals surface area contributed by atoms with Crippen molar-refractivity contribution < 1.29 is 4.74 Å². The summed E-state index contributed by atoms with van der Waals surface area (Å²) in [6.07, 6.45) is 6.07. The van der Waals surface area contributed by atoms with Crippen LogP contribution >= 0.6 is 0 Å². The lowest BCUT2D eigenvalue weighted by atomic mass is 10.00. The quantitative estimate of drug-likeness (QED) is 0.373. The van der Waals surface area contributed by atoms with Gasteiger partial charge in [0.05, 0.1) is 24.3 Å². The molecule has 0 saturated carbocycles. The largest absolute Gasteiger partial charge is 0.383 e. The number of aromatic amines is 1. The number of aromatic nitrogens is 5. The molecule has 0 spiro atoms. The van der Waals surface area contributed by atoms with E-state index in [9.17, 15) is 0 Å². The summed E-state index contributed by atoms with van der Waals surface area (Å²) in [5.41, 5.74) is 11.9. The van der Waals surface area contributed by atoms with Gasteiger partial charge in [-0.25, -0.2) is 19.9 Å². The second kappa shape index (κ2) is 9.05. The van der Waals surface area contributed by atoms with Crippen molar-refractivity contribution in [1.82, 2.24) is 31.1 Å². The van der Waals surface area contributed by atoms with E-state index in [-0.39, 0.29) is 6.15 Å². The van der Waals surface area contributed by atoms with Crippen LogP contribution in [0.4, 0.5) is 11.6 Å². The fourth-order valence-corrected chi connectivity index (χ4v) is 4.45. The minimum Gasteiger partial charge on any atom is -0.383 e. The fourth-order valence-electron chi connectivity index (χ4n) is 4.45. The van der Waals surface area contributed by atoms with Gasteiger partial charge in [-0.05, 0) is 35.4 Å². The Kier molecular flexibility index (Phi) is 5.79. The Bertz CT molecular complexity index is 1440. The molecule has 0 amide bonds. The number of morpholine rings is 1. The van der Waals surface area contributed by atoms with E-state index in [0.717, 1.165) is 59.8 Å². The summed E-state index contributed by atoms with van der Waals surface area (Å²) in [5, 5.41) is 1.99. The van der Waals surface area contributed by atoms with Crippen LogP contribution in [0, 0.1) is 0 Å². The van der Waals surface area contributed by atoms with Gasteiger partial charge in [-0.1, -0.05) is 18.2 Å². The summed E-state index contributed by atoms with van der Waals surface area (Å²) in [5.74, 6) is 1.39. The standard InChI is InChI=1S/C25H23N7O.H3N/c26-24-23-17(11-18-14-27-20-4-2-1-3-19(18)20)12-21(31-25(23)30-15-29-24)16-5-6-22(28-13-16)32-7-9-33-10-8-32;/h1-6,12-15,27H,7-11H2,(H2,26,29,30,31);1H3. The number of hydrogen-bond donors (Lipinski definition) is 3. The first-order chi connectivity index (χ1) is 16.3. The molecule has 1 aliphatic rings. The Morgan fingerprint density at radius 2 is 1.85 bits per heavy atom. The molecule has 0 radical (unpaired) electrons. The van der Waals surface area contributed by atoms with Crippen molar-refractivity contribution >= 4 is 33.6 Å². The average molecular weight is 455 g/mol. The van der Waals surface area contributed by atoms with Crippen molar-refractivity contribution in [2.24, 2.45) is 0 Å². The topological polar surface area (TPSA) is 141 Å². The summed E-state index contributed by atoms with van der Waals surface area (Å²) in [6, 6.07) is 14.5. The molecule has 1 aliphatic heterocycles. The van der Waals surface area contributed by atoms with Crippen molar-refractivity contribution in [2.75, 3.05) is 36.9 Å². The molecular formula is C25H26N8O. The highest BCUT2D eigenvalue weighted by molar-refractivity contribution is 5.91. The zero-order valence-corrected chi connectivity index (χ0v) is 18.7. The van der Waals surface area contributed by atoms with Crippen LogP contribution in [0.2, 0.25) is 0 Å². The predicted octanol–water partition coefficient (Wildman–Crippen LogP) is 3.74. The van der Waals surface area contributed by atoms with Gasteiger partial charge < -0.3 is 26.5 Å². The van der Waals surface area contributed by atoms with Crippen molar-refractivity contribution in [3.63, 3.8) is 0 Å². The maximum atomic E-state index is 6.26. The van der Waals surface area contributed by atoms with Gasteiger partial charge in [0.1, 0.15) is 18.0 Å². The van der Waals surface area contributed by atoms with Crippen LogP contribution in [0.5, 0.6) is 0 Å². The molecule has 6 N–H and O–H groups in total. The van der Waals surface area contributed by atoms with E-state index >= 15 is 0 Å². The highest BCUT2D eigenvalue weighted by Crippen LogP contribution is 2.30. The molecule has 0 unspecified atom stereocenters. The van der Waals surface area contributed by atoms with E-state index in [1.807, 2.05) is 18.3 Å². The lowest BCUT2D eigenvalue weighted by molar-refractivity contribution is 0.122. The number of anilines is 2. The summed E-state index contributed by atoms with van der Waals surface area (Å²) < 4.78 is 5.44. The predicted molar refractivity (Wildman–Crippen MR) is 134 cm³/mol. The Balaban J connectivity index is 0.00000241. The number of pyridine rings is 2. The second-order valence-corrected chi connectivity index (χ2v) is 8.16. The second-order valence-electron chi connectivity index (χ2n) is 8.16. The average Bonchev–Trinajstić information content (AvgIpc) is 3.27. The first-order valence-corrected chi connectivity index (χ1v) is 11.0. The molecule has 0 aliphatic carbocycles. The number of rotatable bonds is 4. The van der Waals surface area contributed by atoms with Gasteiger partial charge in [-0.3, -0.25) is 0 Å². The smallest absolute Gasteiger partial charge is 0.165 e. The van der Waals surface area contributed by atoms with Gasteiger partial charge in [0.2, 0.25) is 0 Å². The molecule has 5 heterocycles. The number of hydrogen-bond acceptors (Lipinski definition) is 8. The maximum Gasteiger partial charge on any atom is 0.165 e. The zero-order valence-electron chi connectivity index (χ0n) is 18.7. The Morgan fingerprint density at radius 3 is 2.68 bits per heavy atom. The highest BCUT2D eigenvalue weighted by Gasteiger charge is 2.16. The van der Waals surface area contributed by atoms with E-state index < -0.39 is 0 Å². The monoisotopic (exact) mass is 454 g/mol. The minimum absolute atomic E-state index is 0. The van der Waals surface area contributed by atoms with Crippen LogP contribution in [0.3, 0.4) is 0 Å². The molecule has 0 atom stereocenters. The number of nitrogens with zero attached hydrogens (tertiary/aromatic N) is 5. The summed E-state index contributed by atoms with van der Waals surface area (Å²) in [6.45, 7) is 3.17. The number of H-pyrrole nitrogens is 1. The minimum atomic E-state index is 0. The van der Waals surface area contributed by atoms with Gasteiger partial charge in [0.25, 0.3) is 0 Å². The zero-order chi connectivity index (χ0) is 22.2. The molecule has 9 nitrogen and oxygen atoms in total. The summed E-state index contributed by atoms with van der Waals surface area (Å²) in [7, 11) is 0. The van der Waals surface area contributed by atoms with Gasteiger partial charge >= 0.3 is 0 Å². The third-order valence-electron chi connectivity index (χ3n) is 6.15. The molecule has 0 bridgehead atoms. The maximum absolute atomic E-state index is 6.26. The third kappa shape index (κ3) is 3.91. The van der Waals surface area contributed by atoms with E-state index in [1.54, 1.807) is 0 Å². The molecule has 1 saturated heterocycles. The van der Waals surface area contributed by atoms with Crippen LogP contribution < -0.4 is 16.8 Å². The van der Waals surface area contributed by atoms with Crippen LogP contribution in [-0.2, 0) is 11.2 Å². The van der Waals surface area contributed by atoms with Crippen molar-refractivity contribution in [3.8, 4) is 11.3 Å². The number of nitrogens with two attached hydrogens (primary N) is 1. The van der Waals surface area contributed by atoms with Gasteiger partial charge in [0.15, 0.2) is 5.65 Å². The molecule has 9 heteroatoms. The third-order valence-corrected chi connectivity index (χ3v) is 6.15. The number of para-hydroxylation sites is 1. The van der Waals surface area contributed by atoms with Gasteiger partial charge in [-0.15, -0.1) is 0 Å². The first-order valence-electron chi connectivity index (χ1n) is 11.0. The molecule has 1 aromatic carbocycles. The van der Waals surface area contributed by atoms with Gasteiger partial charge in [-0.2, -0.15) is 0 Å². The van der Waals surface area contributed by atoms with E-state index in [0.29, 0.717) is 17.9 Å². The van der Waals surface area contributed by atoms with Crippen molar-refractivity contribution in [3.05, 3.63) is 72.3 Å². The van der Waals surface area contributed by atoms with Crippen LogP contribution in [0.1, 0.15) is 11.1 Å². The molecule has 1 fully saturated rings. The SMILES string of the molecule is N.Nc1ncnc2nc(-c3ccc(N4CCOCC4)nc3)cc(Cc3c[nH]c4ccccc34)c12. The highest BCUT2D eigenvalue weighted by atomic mass is 16.5. The molecule has 6 rings (SSSR count). The summed E-state index contributed by atoms with van der Waals surface area (Å²) >= 11 is 0. The summed E-state index contributed by atoms with van der Waals surface area (Å²) in [4.78, 5) is 23.7. The van der Waals surface area contributed by atoms with Crippen LogP contribution in [-0.4, -0.2) is 51.2 Å². The van der Waals surface area contributed by atoms with E-state index in [4.69, 9.17) is 20.4 Å². The number of ether oxygens (including phenoxy) is 1. The fraction of sp³-hybridized carbons (Fsp3) is 0.200. The molecule has 172 valence electrons. The number of nitrogen functional groups attached to an aromatic ring is 1. The normalized spacial score (nSPS) is 13.8. The molecule has 4 aromatic heterocycles. The Hall–Kier alpha value is -4.08. The molecule has 34 heavy (non-hydrogen) atoms. The van der Waals surface area contributed by atoms with E-state index in [2.05, 4.69) is 56.4 Å². The van der Waals surface area contributed by atoms with Crippen LogP contribution in [0.15, 0.2) is 61.2 Å². The van der Waals surface area contributed by atoms with Gasteiger partial charge in [0, 0.05) is 48.4 Å². The van der Waals surface area contributed by atoms with Crippen molar-refractivity contribution in [1.29, 1.82) is 0 Å². The lowest BCUT2D eigenvalue weighted by Gasteiger charge is -2.27. The lowest BCUT2D eigenvalue weighted by Crippen LogP contribution is -2.36. The first kappa shape index (κ1) is 21.7. The van der Waals surface area contributed by atoms with Crippen LogP contribution in [0.25, 0.3) is 33.2 Å². The van der Waals surface area contributed by atoms with E-state index in [1.165, 1.54) is 17.3 Å². The Morgan fingerprint density at radius 1 is 1.00 bits per heavy atom. The van der Waals surface area contributed by atoms with Crippen molar-refractivity contribution in [2.45, 2.75) is 6.42 Å². The number of fused-ring (bicyclic) bond motifs is 2. The molecular weight excluding hydrogens is 428 g/mol.